The molecule has 1 saturated heterocycles. The van der Waals surface area contributed by atoms with Crippen molar-refractivity contribution in [3.8, 4) is 17.1 Å². The van der Waals surface area contributed by atoms with Gasteiger partial charge in [-0.15, -0.1) is 0 Å². The molecule has 2 aromatic rings. The van der Waals surface area contributed by atoms with Gasteiger partial charge in [0.15, 0.2) is 5.82 Å². The van der Waals surface area contributed by atoms with E-state index in [1.54, 1.807) is 7.11 Å². The van der Waals surface area contributed by atoms with Gasteiger partial charge in [0.2, 0.25) is 0 Å². The molecule has 1 aromatic carbocycles. The number of methoxy groups -OCH3 is 1. The molecule has 5 heteroatoms. The van der Waals surface area contributed by atoms with E-state index < -0.39 is 0 Å². The lowest BCUT2D eigenvalue weighted by Gasteiger charge is -2.19. The van der Waals surface area contributed by atoms with Gasteiger partial charge in [0, 0.05) is 36.1 Å². The molecule has 0 saturated carbocycles. The van der Waals surface area contributed by atoms with Crippen molar-refractivity contribution >= 4 is 0 Å². The quantitative estimate of drug-likeness (QED) is 0.939. The van der Waals surface area contributed by atoms with E-state index in [0.29, 0.717) is 6.04 Å². The third-order valence-corrected chi connectivity index (χ3v) is 4.33. The number of hydrogen-bond donors (Lipinski definition) is 1. The van der Waals surface area contributed by atoms with Crippen LogP contribution >= 0.6 is 0 Å². The van der Waals surface area contributed by atoms with Crippen molar-refractivity contribution in [3.05, 3.63) is 42.2 Å². The Morgan fingerprint density at radius 1 is 1.13 bits per heavy atom. The summed E-state index contributed by atoms with van der Waals surface area (Å²) in [4.78, 5) is 11.5. The Hall–Kier alpha value is -1.98. The van der Waals surface area contributed by atoms with Crippen molar-refractivity contribution in [1.82, 2.24) is 14.9 Å². The highest BCUT2D eigenvalue weighted by Crippen LogP contribution is 2.19. The molecule has 0 radical (unpaired) electrons. The van der Waals surface area contributed by atoms with Gasteiger partial charge in [-0.25, -0.2) is 9.97 Å². The van der Waals surface area contributed by atoms with Gasteiger partial charge >= 0.3 is 0 Å². The maximum absolute atomic E-state index is 6.03. The summed E-state index contributed by atoms with van der Waals surface area (Å²) in [5, 5.41) is 0. The molecule has 0 spiro atoms. The zero-order valence-corrected chi connectivity index (χ0v) is 13.6. The summed E-state index contributed by atoms with van der Waals surface area (Å²) >= 11 is 0. The molecule has 1 atom stereocenters. The van der Waals surface area contributed by atoms with Crippen molar-refractivity contribution in [2.24, 2.45) is 5.73 Å². The summed E-state index contributed by atoms with van der Waals surface area (Å²) in [6.07, 6.45) is 7.23. The number of rotatable bonds is 4. The van der Waals surface area contributed by atoms with Gasteiger partial charge in [-0.05, 0) is 56.6 Å². The first-order valence-corrected chi connectivity index (χ1v) is 8.18. The molecule has 0 unspecified atom stereocenters. The number of aromatic nitrogens is 2. The number of nitrogens with zero attached hydrogens (tertiary/aromatic N) is 3. The van der Waals surface area contributed by atoms with Crippen LogP contribution < -0.4 is 10.5 Å². The summed E-state index contributed by atoms with van der Waals surface area (Å²) in [5.41, 5.74) is 8.18. The zero-order chi connectivity index (χ0) is 16.1. The highest BCUT2D eigenvalue weighted by Gasteiger charge is 2.14. The van der Waals surface area contributed by atoms with Crippen molar-refractivity contribution < 1.29 is 4.74 Å². The first-order chi connectivity index (χ1) is 11.2. The molecule has 1 aromatic heterocycles. The molecular weight excluding hydrogens is 288 g/mol. The van der Waals surface area contributed by atoms with E-state index in [2.05, 4.69) is 14.9 Å². The molecule has 0 amide bonds. The van der Waals surface area contributed by atoms with Gasteiger partial charge in [0.25, 0.3) is 0 Å². The molecule has 1 aliphatic rings. The van der Waals surface area contributed by atoms with Crippen LogP contribution in [0.25, 0.3) is 11.4 Å². The molecular formula is C18H24N4O. The average Bonchev–Trinajstić information content (AvgIpc) is 2.80. The Kier molecular flexibility index (Phi) is 5.20. The molecule has 1 aliphatic heterocycles. The summed E-state index contributed by atoms with van der Waals surface area (Å²) in [5.74, 6) is 1.58. The van der Waals surface area contributed by atoms with Crippen LogP contribution in [0, 0.1) is 0 Å². The van der Waals surface area contributed by atoms with Crippen LogP contribution in [-0.2, 0) is 6.54 Å². The lowest BCUT2D eigenvalue weighted by Crippen LogP contribution is -2.26. The van der Waals surface area contributed by atoms with Gasteiger partial charge in [0.1, 0.15) is 5.75 Å². The van der Waals surface area contributed by atoms with E-state index in [1.807, 2.05) is 36.7 Å². The third kappa shape index (κ3) is 4.27. The maximum atomic E-state index is 6.03. The maximum Gasteiger partial charge on any atom is 0.159 e. The highest BCUT2D eigenvalue weighted by molar-refractivity contribution is 5.55. The van der Waals surface area contributed by atoms with Crippen LogP contribution in [-0.4, -0.2) is 41.1 Å². The van der Waals surface area contributed by atoms with E-state index in [4.69, 9.17) is 10.5 Å². The highest BCUT2D eigenvalue weighted by atomic mass is 16.5. The SMILES string of the molecule is COc1ccc(-c2ncc(CN3CCC[C@H](N)CC3)cn2)cc1. The summed E-state index contributed by atoms with van der Waals surface area (Å²) < 4.78 is 5.17. The smallest absolute Gasteiger partial charge is 0.159 e. The number of likely N-dealkylation sites (tertiary alicyclic amines) is 1. The second kappa shape index (κ2) is 7.53. The van der Waals surface area contributed by atoms with Crippen LogP contribution in [0.4, 0.5) is 0 Å². The average molecular weight is 312 g/mol. The lowest BCUT2D eigenvalue weighted by molar-refractivity contribution is 0.275. The molecule has 2 N–H and O–H groups in total. The van der Waals surface area contributed by atoms with Gasteiger partial charge in [0.05, 0.1) is 7.11 Å². The number of nitrogens with two attached hydrogens (primary N) is 1. The van der Waals surface area contributed by atoms with Gasteiger partial charge in [-0.1, -0.05) is 0 Å². The van der Waals surface area contributed by atoms with E-state index in [1.165, 1.54) is 6.42 Å². The Morgan fingerprint density at radius 3 is 2.57 bits per heavy atom. The fourth-order valence-corrected chi connectivity index (χ4v) is 2.92. The van der Waals surface area contributed by atoms with E-state index in [9.17, 15) is 0 Å². The van der Waals surface area contributed by atoms with Gasteiger partial charge in [-0.2, -0.15) is 0 Å². The van der Waals surface area contributed by atoms with Gasteiger partial charge in [-0.3, -0.25) is 4.90 Å². The number of ether oxygens (including phenoxy) is 1. The van der Waals surface area contributed by atoms with Crippen molar-refractivity contribution in [3.63, 3.8) is 0 Å². The monoisotopic (exact) mass is 312 g/mol. The Morgan fingerprint density at radius 2 is 1.87 bits per heavy atom. The zero-order valence-electron chi connectivity index (χ0n) is 13.6. The molecule has 0 aliphatic carbocycles. The first-order valence-electron chi connectivity index (χ1n) is 8.18. The molecule has 1 fully saturated rings. The van der Waals surface area contributed by atoms with Crippen LogP contribution in [0.2, 0.25) is 0 Å². The Labute approximate surface area is 137 Å². The minimum absolute atomic E-state index is 0.355. The largest absolute Gasteiger partial charge is 0.497 e. The predicted molar refractivity (Wildman–Crippen MR) is 91.1 cm³/mol. The van der Waals surface area contributed by atoms with Crippen LogP contribution in [0.3, 0.4) is 0 Å². The molecule has 5 nitrogen and oxygen atoms in total. The standard InChI is InChI=1S/C18H24N4O/c1-23-17-6-4-15(5-7-17)18-20-11-14(12-21-18)13-22-9-2-3-16(19)8-10-22/h4-7,11-12,16H,2-3,8-10,13,19H2,1H3/t16-/m0/s1. The Bertz CT molecular complexity index is 612. The summed E-state index contributed by atoms with van der Waals surface area (Å²) in [7, 11) is 1.66. The second-order valence-electron chi connectivity index (χ2n) is 6.11. The van der Waals surface area contributed by atoms with E-state index in [0.717, 1.165) is 55.2 Å². The fraction of sp³-hybridized carbons (Fsp3) is 0.444. The van der Waals surface area contributed by atoms with E-state index >= 15 is 0 Å². The van der Waals surface area contributed by atoms with Crippen LogP contribution in [0.15, 0.2) is 36.7 Å². The van der Waals surface area contributed by atoms with E-state index in [-0.39, 0.29) is 0 Å². The third-order valence-electron chi connectivity index (χ3n) is 4.33. The molecule has 2 heterocycles. The summed E-state index contributed by atoms with van der Waals surface area (Å²) in [6.45, 7) is 3.06. The Balaban J connectivity index is 1.64. The first kappa shape index (κ1) is 15.9. The normalized spacial score (nSPS) is 19.3. The number of hydrogen-bond acceptors (Lipinski definition) is 5. The molecule has 0 bridgehead atoms. The number of benzene rings is 1. The topological polar surface area (TPSA) is 64.3 Å². The molecule has 122 valence electrons. The lowest BCUT2D eigenvalue weighted by atomic mass is 10.1. The predicted octanol–water partition coefficient (Wildman–Crippen LogP) is 2.47. The minimum atomic E-state index is 0.355. The van der Waals surface area contributed by atoms with Crippen molar-refractivity contribution in [2.75, 3.05) is 20.2 Å². The van der Waals surface area contributed by atoms with Crippen LogP contribution in [0.5, 0.6) is 5.75 Å². The van der Waals surface area contributed by atoms with Gasteiger partial charge < -0.3 is 10.5 Å². The summed E-state index contributed by atoms with van der Waals surface area (Å²) in [6, 6.07) is 8.16. The van der Waals surface area contributed by atoms with Crippen molar-refractivity contribution in [1.29, 1.82) is 0 Å². The molecule has 23 heavy (non-hydrogen) atoms. The molecule has 3 rings (SSSR count). The van der Waals surface area contributed by atoms with Crippen LogP contribution in [0.1, 0.15) is 24.8 Å². The minimum Gasteiger partial charge on any atom is -0.497 e. The fourth-order valence-electron chi connectivity index (χ4n) is 2.92. The van der Waals surface area contributed by atoms with Crippen molar-refractivity contribution in [2.45, 2.75) is 31.8 Å². The second-order valence-corrected chi connectivity index (χ2v) is 6.11.